The first-order valence-corrected chi connectivity index (χ1v) is 6.03. The van der Waals surface area contributed by atoms with E-state index < -0.39 is 0 Å². The molecule has 0 bridgehead atoms. The van der Waals surface area contributed by atoms with Crippen LogP contribution in [0, 0.1) is 6.92 Å². The number of nitrogens with zero attached hydrogens (tertiary/aromatic N) is 3. The molecule has 0 aromatic carbocycles. The third-order valence-electron chi connectivity index (χ3n) is 2.35. The number of aliphatic hydroxyl groups excluding tert-OH is 1. The quantitative estimate of drug-likeness (QED) is 0.743. The summed E-state index contributed by atoms with van der Waals surface area (Å²) in [4.78, 5) is 10.8. The molecule has 17 heavy (non-hydrogen) atoms. The highest BCUT2D eigenvalue weighted by Crippen LogP contribution is 2.07. The van der Waals surface area contributed by atoms with Gasteiger partial charge in [-0.15, -0.1) is 0 Å². The first-order valence-electron chi connectivity index (χ1n) is 6.03. The minimum Gasteiger partial charge on any atom is -0.395 e. The largest absolute Gasteiger partial charge is 0.395 e. The van der Waals surface area contributed by atoms with Gasteiger partial charge in [-0.05, 0) is 20.4 Å². The molecule has 1 aromatic rings. The Morgan fingerprint density at radius 1 is 1.41 bits per heavy atom. The molecular weight excluding hydrogens is 216 g/mol. The molecule has 0 amide bonds. The Morgan fingerprint density at radius 2 is 2.18 bits per heavy atom. The van der Waals surface area contributed by atoms with Gasteiger partial charge >= 0.3 is 0 Å². The lowest BCUT2D eigenvalue weighted by Gasteiger charge is -2.15. The molecule has 5 nitrogen and oxygen atoms in total. The summed E-state index contributed by atoms with van der Waals surface area (Å²) < 4.78 is 0. The lowest BCUT2D eigenvalue weighted by atomic mass is 10.4. The van der Waals surface area contributed by atoms with Gasteiger partial charge in [0.25, 0.3) is 0 Å². The van der Waals surface area contributed by atoms with Gasteiger partial charge in [0.05, 0.1) is 13.2 Å². The number of likely N-dealkylation sites (N-methyl/N-ethyl adjacent to an activating group) is 1. The minimum absolute atomic E-state index is 0.156. The summed E-state index contributed by atoms with van der Waals surface area (Å²) in [6, 6.07) is 1.95. The van der Waals surface area contributed by atoms with E-state index in [0.29, 0.717) is 13.1 Å². The topological polar surface area (TPSA) is 61.3 Å². The number of aryl methyl sites for hydroxylation is 1. The molecule has 2 N–H and O–H groups in total. The molecule has 0 aliphatic heterocycles. The van der Waals surface area contributed by atoms with E-state index in [1.165, 1.54) is 0 Å². The van der Waals surface area contributed by atoms with Crippen LogP contribution in [0.15, 0.2) is 6.07 Å². The SMILES string of the molecule is CCCNc1cc(C)nc(CN(C)CCO)n1. The van der Waals surface area contributed by atoms with Crippen molar-refractivity contribution in [2.45, 2.75) is 26.8 Å². The first-order chi connectivity index (χ1) is 8.15. The first kappa shape index (κ1) is 13.9. The van der Waals surface area contributed by atoms with Gasteiger partial charge in [-0.25, -0.2) is 9.97 Å². The molecule has 0 atom stereocenters. The molecule has 0 spiro atoms. The van der Waals surface area contributed by atoms with Crippen molar-refractivity contribution in [3.8, 4) is 0 Å². The fourth-order valence-electron chi connectivity index (χ4n) is 1.54. The fourth-order valence-corrected chi connectivity index (χ4v) is 1.54. The average molecular weight is 238 g/mol. The molecule has 5 heteroatoms. The Bertz CT molecular complexity index is 343. The predicted molar refractivity (Wildman–Crippen MR) is 69.0 cm³/mol. The van der Waals surface area contributed by atoms with E-state index in [1.54, 1.807) is 0 Å². The number of aliphatic hydroxyl groups is 1. The summed E-state index contributed by atoms with van der Waals surface area (Å²) in [7, 11) is 1.95. The van der Waals surface area contributed by atoms with Gasteiger partial charge in [0.1, 0.15) is 11.6 Å². The van der Waals surface area contributed by atoms with Crippen LogP contribution < -0.4 is 5.32 Å². The molecule has 96 valence electrons. The number of hydrogen-bond donors (Lipinski definition) is 2. The van der Waals surface area contributed by atoms with E-state index in [4.69, 9.17) is 5.11 Å². The van der Waals surface area contributed by atoms with Gasteiger partial charge in [0.15, 0.2) is 0 Å². The van der Waals surface area contributed by atoms with E-state index in [0.717, 1.165) is 30.3 Å². The maximum Gasteiger partial charge on any atom is 0.144 e. The minimum atomic E-state index is 0.156. The Balaban J connectivity index is 2.67. The predicted octanol–water partition coefficient (Wildman–Crippen LogP) is 1.03. The normalized spacial score (nSPS) is 10.9. The van der Waals surface area contributed by atoms with E-state index in [2.05, 4.69) is 22.2 Å². The van der Waals surface area contributed by atoms with Crippen LogP contribution in [0.2, 0.25) is 0 Å². The Labute approximate surface area is 103 Å². The average Bonchev–Trinajstić information content (AvgIpc) is 2.25. The zero-order valence-corrected chi connectivity index (χ0v) is 10.9. The van der Waals surface area contributed by atoms with Gasteiger partial charge < -0.3 is 10.4 Å². The smallest absolute Gasteiger partial charge is 0.144 e. The maximum atomic E-state index is 8.85. The Morgan fingerprint density at radius 3 is 2.82 bits per heavy atom. The monoisotopic (exact) mass is 238 g/mol. The van der Waals surface area contributed by atoms with Crippen molar-refractivity contribution in [3.63, 3.8) is 0 Å². The fraction of sp³-hybridized carbons (Fsp3) is 0.667. The Kier molecular flexibility index (Phi) is 5.86. The molecule has 0 aliphatic carbocycles. The zero-order chi connectivity index (χ0) is 12.7. The van der Waals surface area contributed by atoms with Gasteiger partial charge in [0, 0.05) is 24.8 Å². The van der Waals surface area contributed by atoms with Crippen LogP contribution in [0.1, 0.15) is 24.9 Å². The van der Waals surface area contributed by atoms with E-state index in [9.17, 15) is 0 Å². The van der Waals surface area contributed by atoms with Crippen LogP contribution >= 0.6 is 0 Å². The van der Waals surface area contributed by atoms with Crippen LogP contribution in [-0.2, 0) is 6.54 Å². The summed E-state index contributed by atoms with van der Waals surface area (Å²) in [5, 5.41) is 12.1. The van der Waals surface area contributed by atoms with Crippen LogP contribution in [-0.4, -0.2) is 46.7 Å². The van der Waals surface area contributed by atoms with Crippen LogP contribution in [0.4, 0.5) is 5.82 Å². The van der Waals surface area contributed by atoms with Gasteiger partial charge in [-0.2, -0.15) is 0 Å². The third-order valence-corrected chi connectivity index (χ3v) is 2.35. The molecule has 1 aromatic heterocycles. The standard InChI is InChI=1S/C12H22N4O/c1-4-5-13-11-8-10(2)14-12(15-11)9-16(3)6-7-17/h8,17H,4-7,9H2,1-3H3,(H,13,14,15). The van der Waals surface area contributed by atoms with Crippen molar-refractivity contribution in [2.75, 3.05) is 32.1 Å². The number of hydrogen-bond acceptors (Lipinski definition) is 5. The second kappa shape index (κ2) is 7.19. The van der Waals surface area contributed by atoms with Crippen LogP contribution in [0.5, 0.6) is 0 Å². The van der Waals surface area contributed by atoms with Gasteiger partial charge in [-0.3, -0.25) is 4.90 Å². The lowest BCUT2D eigenvalue weighted by Crippen LogP contribution is -2.23. The highest BCUT2D eigenvalue weighted by molar-refractivity contribution is 5.35. The van der Waals surface area contributed by atoms with Crippen molar-refractivity contribution in [2.24, 2.45) is 0 Å². The second-order valence-corrected chi connectivity index (χ2v) is 4.20. The summed E-state index contributed by atoms with van der Waals surface area (Å²) >= 11 is 0. The summed E-state index contributed by atoms with van der Waals surface area (Å²) in [5.74, 6) is 1.67. The molecule has 0 unspecified atom stereocenters. The highest BCUT2D eigenvalue weighted by Gasteiger charge is 2.05. The lowest BCUT2D eigenvalue weighted by molar-refractivity contribution is 0.214. The number of rotatable bonds is 7. The maximum absolute atomic E-state index is 8.85. The van der Waals surface area contributed by atoms with Crippen LogP contribution in [0.25, 0.3) is 0 Å². The Hall–Kier alpha value is -1.20. The van der Waals surface area contributed by atoms with Crippen molar-refractivity contribution in [3.05, 3.63) is 17.6 Å². The van der Waals surface area contributed by atoms with E-state index in [-0.39, 0.29) is 6.61 Å². The molecular formula is C12H22N4O. The van der Waals surface area contributed by atoms with E-state index >= 15 is 0 Å². The molecule has 0 fully saturated rings. The highest BCUT2D eigenvalue weighted by atomic mass is 16.3. The van der Waals surface area contributed by atoms with Crippen molar-refractivity contribution in [1.82, 2.24) is 14.9 Å². The number of nitrogens with one attached hydrogen (secondary N) is 1. The molecule has 1 heterocycles. The van der Waals surface area contributed by atoms with Gasteiger partial charge in [0.2, 0.25) is 0 Å². The van der Waals surface area contributed by atoms with Crippen molar-refractivity contribution >= 4 is 5.82 Å². The molecule has 1 rings (SSSR count). The van der Waals surface area contributed by atoms with Crippen molar-refractivity contribution in [1.29, 1.82) is 0 Å². The summed E-state index contributed by atoms with van der Waals surface area (Å²) in [6.45, 7) is 6.45. The second-order valence-electron chi connectivity index (χ2n) is 4.20. The molecule has 0 aliphatic rings. The number of aromatic nitrogens is 2. The van der Waals surface area contributed by atoms with E-state index in [1.807, 2.05) is 24.9 Å². The zero-order valence-electron chi connectivity index (χ0n) is 10.9. The summed E-state index contributed by atoms with van der Waals surface area (Å²) in [6.07, 6.45) is 1.07. The molecule has 0 saturated carbocycles. The third kappa shape index (κ3) is 5.10. The molecule has 0 saturated heterocycles. The molecule has 0 radical (unpaired) electrons. The van der Waals surface area contributed by atoms with Crippen molar-refractivity contribution < 1.29 is 5.11 Å². The van der Waals surface area contributed by atoms with Crippen LogP contribution in [0.3, 0.4) is 0 Å². The number of anilines is 1. The summed E-state index contributed by atoms with van der Waals surface area (Å²) in [5.41, 5.74) is 0.964. The van der Waals surface area contributed by atoms with Gasteiger partial charge in [-0.1, -0.05) is 6.92 Å².